The third-order valence-corrected chi connectivity index (χ3v) is 4.62. The molecule has 3 nitrogen and oxygen atoms in total. The Bertz CT molecular complexity index is 386. The van der Waals surface area contributed by atoms with E-state index >= 15 is 0 Å². The monoisotopic (exact) mass is 280 g/mol. The van der Waals surface area contributed by atoms with Crippen LogP contribution < -0.4 is 5.32 Å². The molecule has 0 amide bonds. The lowest BCUT2D eigenvalue weighted by atomic mass is 10.0. The second-order valence-corrected chi connectivity index (χ2v) is 6.05. The van der Waals surface area contributed by atoms with Crippen molar-refractivity contribution in [3.8, 4) is 0 Å². The molecule has 0 saturated heterocycles. The molecule has 2 rings (SSSR count). The number of methoxy groups -OCH3 is 1. The summed E-state index contributed by atoms with van der Waals surface area (Å²) < 4.78 is 5.09. The van der Waals surface area contributed by atoms with Gasteiger partial charge in [-0.1, -0.05) is 24.3 Å². The highest BCUT2D eigenvalue weighted by atomic mass is 32.2. The fourth-order valence-electron chi connectivity index (χ4n) is 2.34. The smallest absolute Gasteiger partial charge is 0.0589 e. The SMILES string of the molecule is COCCN(C)CCNC1CSCc2ccccc21. The van der Waals surface area contributed by atoms with E-state index in [0.29, 0.717) is 6.04 Å². The molecule has 1 aliphatic rings. The molecule has 1 unspecified atom stereocenters. The van der Waals surface area contributed by atoms with E-state index < -0.39 is 0 Å². The van der Waals surface area contributed by atoms with E-state index in [1.54, 1.807) is 7.11 Å². The maximum Gasteiger partial charge on any atom is 0.0589 e. The molecule has 1 aromatic carbocycles. The number of fused-ring (bicyclic) bond motifs is 1. The van der Waals surface area contributed by atoms with Crippen LogP contribution in [0.3, 0.4) is 0 Å². The minimum absolute atomic E-state index is 0.505. The highest BCUT2D eigenvalue weighted by molar-refractivity contribution is 7.98. The van der Waals surface area contributed by atoms with Gasteiger partial charge in [0.2, 0.25) is 0 Å². The summed E-state index contributed by atoms with van der Waals surface area (Å²) in [5.74, 6) is 2.33. The zero-order chi connectivity index (χ0) is 13.5. The molecule has 1 aromatic rings. The van der Waals surface area contributed by atoms with E-state index in [4.69, 9.17) is 4.74 Å². The number of benzene rings is 1. The van der Waals surface area contributed by atoms with Gasteiger partial charge in [0.15, 0.2) is 0 Å². The van der Waals surface area contributed by atoms with Crippen LogP contribution >= 0.6 is 11.8 Å². The van der Waals surface area contributed by atoms with Gasteiger partial charge in [0, 0.05) is 44.3 Å². The predicted octanol–water partition coefficient (Wildman–Crippen LogP) is 2.14. The Labute approximate surface area is 120 Å². The molecule has 4 heteroatoms. The van der Waals surface area contributed by atoms with Crippen molar-refractivity contribution >= 4 is 11.8 Å². The third-order valence-electron chi connectivity index (χ3n) is 3.53. The van der Waals surface area contributed by atoms with Crippen molar-refractivity contribution in [1.29, 1.82) is 0 Å². The van der Waals surface area contributed by atoms with Crippen LogP contribution in [0.2, 0.25) is 0 Å². The number of ether oxygens (including phenoxy) is 1. The first kappa shape index (κ1) is 14.9. The molecule has 0 bridgehead atoms. The summed E-state index contributed by atoms with van der Waals surface area (Å²) in [7, 11) is 3.90. The van der Waals surface area contributed by atoms with Crippen molar-refractivity contribution < 1.29 is 4.74 Å². The Balaban J connectivity index is 1.78. The predicted molar refractivity (Wildman–Crippen MR) is 82.7 cm³/mol. The van der Waals surface area contributed by atoms with Crippen LogP contribution in [0.4, 0.5) is 0 Å². The van der Waals surface area contributed by atoms with Gasteiger partial charge in [-0.25, -0.2) is 0 Å². The summed E-state index contributed by atoms with van der Waals surface area (Å²) in [5, 5.41) is 3.68. The van der Waals surface area contributed by atoms with Gasteiger partial charge < -0.3 is 15.0 Å². The van der Waals surface area contributed by atoms with E-state index in [0.717, 1.165) is 32.0 Å². The van der Waals surface area contributed by atoms with Crippen LogP contribution in [0, 0.1) is 0 Å². The highest BCUT2D eigenvalue weighted by Gasteiger charge is 2.19. The Hall–Kier alpha value is -0.550. The molecule has 0 fully saturated rings. The molecule has 1 heterocycles. The number of hydrogen-bond acceptors (Lipinski definition) is 4. The van der Waals surface area contributed by atoms with Gasteiger partial charge in [-0.05, 0) is 18.2 Å². The van der Waals surface area contributed by atoms with Gasteiger partial charge in [-0.2, -0.15) is 11.8 Å². The fourth-order valence-corrected chi connectivity index (χ4v) is 3.47. The maximum atomic E-state index is 5.09. The molecule has 0 aliphatic carbocycles. The third kappa shape index (κ3) is 4.49. The van der Waals surface area contributed by atoms with Crippen molar-refractivity contribution in [2.24, 2.45) is 0 Å². The first-order valence-electron chi connectivity index (χ1n) is 6.87. The first-order chi connectivity index (χ1) is 9.31. The molecule has 1 atom stereocenters. The number of rotatable bonds is 7. The lowest BCUT2D eigenvalue weighted by Gasteiger charge is -2.27. The summed E-state index contributed by atoms with van der Waals surface area (Å²) in [6.07, 6.45) is 0. The van der Waals surface area contributed by atoms with Crippen LogP contribution in [-0.4, -0.2) is 51.1 Å². The molecule has 0 radical (unpaired) electrons. The quantitative estimate of drug-likeness (QED) is 0.827. The van der Waals surface area contributed by atoms with Crippen molar-refractivity contribution in [2.75, 3.05) is 46.2 Å². The molecule has 0 saturated carbocycles. The normalized spacial score (nSPS) is 18.6. The molecule has 0 aromatic heterocycles. The van der Waals surface area contributed by atoms with Crippen LogP contribution in [0.25, 0.3) is 0 Å². The van der Waals surface area contributed by atoms with Crippen molar-refractivity contribution in [1.82, 2.24) is 10.2 Å². The summed E-state index contributed by atoms with van der Waals surface area (Å²) in [4.78, 5) is 2.30. The van der Waals surface area contributed by atoms with Crippen molar-refractivity contribution in [3.63, 3.8) is 0 Å². The summed E-state index contributed by atoms with van der Waals surface area (Å²) in [6, 6.07) is 9.31. The zero-order valence-electron chi connectivity index (χ0n) is 11.9. The van der Waals surface area contributed by atoms with Gasteiger partial charge in [0.05, 0.1) is 6.61 Å². The second-order valence-electron chi connectivity index (χ2n) is 5.02. The molecule has 19 heavy (non-hydrogen) atoms. The first-order valence-corrected chi connectivity index (χ1v) is 8.03. The van der Waals surface area contributed by atoms with Crippen LogP contribution in [0.15, 0.2) is 24.3 Å². The Kier molecular flexibility index (Phi) is 6.17. The highest BCUT2D eigenvalue weighted by Crippen LogP contribution is 2.31. The second kappa shape index (κ2) is 7.90. The lowest BCUT2D eigenvalue weighted by Crippen LogP contribution is -2.35. The van der Waals surface area contributed by atoms with E-state index in [2.05, 4.69) is 41.5 Å². The fraction of sp³-hybridized carbons (Fsp3) is 0.600. The van der Waals surface area contributed by atoms with E-state index in [9.17, 15) is 0 Å². The number of thioether (sulfide) groups is 1. The molecule has 1 N–H and O–H groups in total. The minimum atomic E-state index is 0.505. The lowest BCUT2D eigenvalue weighted by molar-refractivity contribution is 0.161. The molecular formula is C15H24N2OS. The average Bonchev–Trinajstić information content (AvgIpc) is 2.45. The number of likely N-dealkylation sites (N-methyl/N-ethyl adjacent to an activating group) is 1. The Morgan fingerprint density at radius 3 is 3.05 bits per heavy atom. The van der Waals surface area contributed by atoms with Gasteiger partial charge in [-0.3, -0.25) is 0 Å². The summed E-state index contributed by atoms with van der Waals surface area (Å²) in [5.41, 5.74) is 2.98. The van der Waals surface area contributed by atoms with E-state index in [1.165, 1.54) is 16.9 Å². The summed E-state index contributed by atoms with van der Waals surface area (Å²) in [6.45, 7) is 3.89. The van der Waals surface area contributed by atoms with E-state index in [1.807, 2.05) is 11.8 Å². The molecule has 1 aliphatic heterocycles. The summed E-state index contributed by atoms with van der Waals surface area (Å²) >= 11 is 2.02. The Morgan fingerprint density at radius 2 is 2.21 bits per heavy atom. The molecule has 0 spiro atoms. The van der Waals surface area contributed by atoms with Gasteiger partial charge in [-0.15, -0.1) is 0 Å². The zero-order valence-corrected chi connectivity index (χ0v) is 12.7. The van der Waals surface area contributed by atoms with Crippen molar-refractivity contribution in [3.05, 3.63) is 35.4 Å². The molecular weight excluding hydrogens is 256 g/mol. The standard InChI is InChI=1S/C15H24N2OS/c1-17(9-10-18-2)8-7-16-15-12-19-11-13-5-3-4-6-14(13)15/h3-6,15-16H,7-12H2,1-2H3. The average molecular weight is 280 g/mol. The largest absolute Gasteiger partial charge is 0.383 e. The topological polar surface area (TPSA) is 24.5 Å². The minimum Gasteiger partial charge on any atom is -0.383 e. The van der Waals surface area contributed by atoms with Crippen LogP contribution in [0.5, 0.6) is 0 Å². The van der Waals surface area contributed by atoms with Gasteiger partial charge in [0.25, 0.3) is 0 Å². The van der Waals surface area contributed by atoms with Gasteiger partial charge >= 0.3 is 0 Å². The van der Waals surface area contributed by atoms with Gasteiger partial charge in [0.1, 0.15) is 0 Å². The number of nitrogens with one attached hydrogen (secondary N) is 1. The molecule has 106 valence electrons. The number of hydrogen-bond donors (Lipinski definition) is 1. The van der Waals surface area contributed by atoms with Crippen LogP contribution in [-0.2, 0) is 10.5 Å². The number of nitrogens with zero attached hydrogens (tertiary/aromatic N) is 1. The van der Waals surface area contributed by atoms with Crippen LogP contribution in [0.1, 0.15) is 17.2 Å². The van der Waals surface area contributed by atoms with Crippen molar-refractivity contribution in [2.45, 2.75) is 11.8 Å². The maximum absolute atomic E-state index is 5.09. The Morgan fingerprint density at radius 1 is 1.37 bits per heavy atom. The van der Waals surface area contributed by atoms with E-state index in [-0.39, 0.29) is 0 Å².